The van der Waals surface area contributed by atoms with Crippen LogP contribution in [0.15, 0.2) is 6.07 Å². The van der Waals surface area contributed by atoms with Crippen LogP contribution in [0.3, 0.4) is 0 Å². The molecular formula is C11H17ClN2O2. The Kier molecular flexibility index (Phi) is 6.49. The number of aryl methyl sites for hydroxylation is 1. The van der Waals surface area contributed by atoms with Gasteiger partial charge in [-0.2, -0.15) is 0 Å². The van der Waals surface area contributed by atoms with E-state index in [0.717, 1.165) is 0 Å². The van der Waals surface area contributed by atoms with E-state index in [0.29, 0.717) is 18.0 Å². The second-order valence-electron chi connectivity index (χ2n) is 2.71. The first-order valence-electron chi connectivity index (χ1n) is 5.16. The second kappa shape index (κ2) is 7.06. The molecule has 0 aliphatic carbocycles. The number of hydrogen-bond donors (Lipinski definition) is 1. The van der Waals surface area contributed by atoms with Crippen molar-refractivity contribution < 1.29 is 9.53 Å². The van der Waals surface area contributed by atoms with Crippen molar-refractivity contribution in [3.05, 3.63) is 22.5 Å². The fraction of sp³-hybridized carbons (Fsp3) is 0.455. The summed E-state index contributed by atoms with van der Waals surface area (Å²) < 4.78 is 4.78. The van der Waals surface area contributed by atoms with Gasteiger partial charge in [0, 0.05) is 0 Å². The van der Waals surface area contributed by atoms with Crippen LogP contribution < -0.4 is 5.73 Å². The van der Waals surface area contributed by atoms with Crippen LogP contribution in [0.1, 0.15) is 37.0 Å². The zero-order chi connectivity index (χ0) is 12.7. The Bertz CT molecular complexity index is 367. The molecule has 1 aromatic heterocycles. The first kappa shape index (κ1) is 14.7. The molecule has 0 aliphatic rings. The Labute approximate surface area is 101 Å². The molecule has 2 N–H and O–H groups in total. The first-order valence-corrected chi connectivity index (χ1v) is 5.53. The van der Waals surface area contributed by atoms with E-state index in [2.05, 4.69) is 4.98 Å². The molecule has 0 amide bonds. The van der Waals surface area contributed by atoms with Gasteiger partial charge in [0.1, 0.15) is 0 Å². The molecule has 0 atom stereocenters. The zero-order valence-corrected chi connectivity index (χ0v) is 10.8. The minimum absolute atomic E-state index is 0.111. The van der Waals surface area contributed by atoms with Crippen LogP contribution in [0.2, 0.25) is 5.02 Å². The average Bonchev–Trinajstić information content (AvgIpc) is 2.26. The van der Waals surface area contributed by atoms with Crippen LogP contribution in [0.25, 0.3) is 0 Å². The highest BCUT2D eigenvalue weighted by molar-refractivity contribution is 6.33. The first-order chi connectivity index (χ1) is 7.56. The van der Waals surface area contributed by atoms with E-state index < -0.39 is 5.97 Å². The molecule has 0 aromatic carbocycles. The van der Waals surface area contributed by atoms with Gasteiger partial charge in [-0.15, -0.1) is 0 Å². The van der Waals surface area contributed by atoms with Crippen molar-refractivity contribution in [1.29, 1.82) is 0 Å². The van der Waals surface area contributed by atoms with Crippen LogP contribution in [-0.2, 0) is 4.74 Å². The maximum absolute atomic E-state index is 11.3. The lowest BCUT2D eigenvalue weighted by molar-refractivity contribution is 0.0519. The zero-order valence-electron chi connectivity index (χ0n) is 10.0. The lowest BCUT2D eigenvalue weighted by Gasteiger charge is -2.05. The standard InChI is InChI=1S/C9H11ClN2O2.C2H6/c1-3-14-9(13)8-6(10)4-7(11)5(2)12-8;1-2/h4H,3,11H2,1-2H3;1-2H3. The highest BCUT2D eigenvalue weighted by Crippen LogP contribution is 2.20. The molecule has 0 unspecified atom stereocenters. The van der Waals surface area contributed by atoms with E-state index >= 15 is 0 Å². The largest absolute Gasteiger partial charge is 0.461 e. The van der Waals surface area contributed by atoms with Gasteiger partial charge in [0.2, 0.25) is 0 Å². The Morgan fingerprint density at radius 2 is 2.12 bits per heavy atom. The number of aromatic nitrogens is 1. The van der Waals surface area contributed by atoms with E-state index in [4.69, 9.17) is 22.1 Å². The Hall–Kier alpha value is -1.29. The number of ether oxygens (including phenoxy) is 1. The summed E-state index contributed by atoms with van der Waals surface area (Å²) in [5.74, 6) is -0.527. The number of halogens is 1. The van der Waals surface area contributed by atoms with Crippen molar-refractivity contribution in [3.63, 3.8) is 0 Å². The minimum atomic E-state index is -0.527. The van der Waals surface area contributed by atoms with Gasteiger partial charge in [0.15, 0.2) is 5.69 Å². The quantitative estimate of drug-likeness (QED) is 0.813. The van der Waals surface area contributed by atoms with Gasteiger partial charge < -0.3 is 10.5 Å². The maximum atomic E-state index is 11.3. The average molecular weight is 245 g/mol. The maximum Gasteiger partial charge on any atom is 0.358 e. The lowest BCUT2D eigenvalue weighted by Crippen LogP contribution is -2.09. The molecule has 1 aromatic rings. The molecule has 0 bridgehead atoms. The Morgan fingerprint density at radius 1 is 1.56 bits per heavy atom. The molecule has 5 heteroatoms. The van der Waals surface area contributed by atoms with Crippen LogP contribution >= 0.6 is 11.6 Å². The number of carbonyl (C=O) groups is 1. The summed E-state index contributed by atoms with van der Waals surface area (Å²) in [4.78, 5) is 15.3. The Balaban J connectivity index is 0.00000106. The van der Waals surface area contributed by atoms with Gasteiger partial charge >= 0.3 is 5.97 Å². The molecule has 1 heterocycles. The predicted molar refractivity (Wildman–Crippen MR) is 65.7 cm³/mol. The summed E-state index contributed by atoms with van der Waals surface area (Å²) in [6, 6.07) is 1.50. The van der Waals surface area contributed by atoms with E-state index in [1.54, 1.807) is 13.8 Å². The number of nitrogens with zero attached hydrogens (tertiary/aromatic N) is 1. The predicted octanol–water partition coefficient (Wildman–Crippen LogP) is 2.83. The molecule has 16 heavy (non-hydrogen) atoms. The number of nitrogen functional groups attached to an aromatic ring is 1. The number of carbonyl (C=O) groups excluding carboxylic acids is 1. The van der Waals surface area contributed by atoms with Crippen LogP contribution in [0.4, 0.5) is 5.69 Å². The highest BCUT2D eigenvalue weighted by Gasteiger charge is 2.14. The van der Waals surface area contributed by atoms with E-state index in [-0.39, 0.29) is 10.7 Å². The normalized spacial score (nSPS) is 9.06. The van der Waals surface area contributed by atoms with Crippen molar-refractivity contribution in [2.75, 3.05) is 12.3 Å². The van der Waals surface area contributed by atoms with Crippen molar-refractivity contribution in [3.8, 4) is 0 Å². The smallest absolute Gasteiger partial charge is 0.358 e. The summed E-state index contributed by atoms with van der Waals surface area (Å²) in [5, 5.41) is 0.214. The summed E-state index contributed by atoms with van der Waals surface area (Å²) in [6.45, 7) is 7.71. The van der Waals surface area contributed by atoms with Crippen LogP contribution in [0, 0.1) is 6.92 Å². The van der Waals surface area contributed by atoms with Gasteiger partial charge in [0.05, 0.1) is 23.0 Å². The third-order valence-corrected chi connectivity index (χ3v) is 1.96. The number of nitrogens with two attached hydrogens (primary N) is 1. The highest BCUT2D eigenvalue weighted by atomic mass is 35.5. The number of rotatable bonds is 2. The van der Waals surface area contributed by atoms with E-state index in [1.807, 2.05) is 13.8 Å². The van der Waals surface area contributed by atoms with Crippen molar-refractivity contribution in [2.45, 2.75) is 27.7 Å². The number of hydrogen-bond acceptors (Lipinski definition) is 4. The van der Waals surface area contributed by atoms with Crippen molar-refractivity contribution >= 4 is 23.3 Å². The fourth-order valence-corrected chi connectivity index (χ4v) is 1.17. The lowest BCUT2D eigenvalue weighted by atomic mass is 10.2. The molecular weight excluding hydrogens is 228 g/mol. The summed E-state index contributed by atoms with van der Waals surface area (Å²) in [7, 11) is 0. The summed E-state index contributed by atoms with van der Waals surface area (Å²) in [5.41, 5.74) is 6.70. The molecule has 0 spiro atoms. The summed E-state index contributed by atoms with van der Waals surface area (Å²) in [6.07, 6.45) is 0. The van der Waals surface area contributed by atoms with Gasteiger partial charge in [-0.25, -0.2) is 9.78 Å². The number of pyridine rings is 1. The molecule has 0 aliphatic heterocycles. The van der Waals surface area contributed by atoms with Gasteiger partial charge in [-0.05, 0) is 19.9 Å². The van der Waals surface area contributed by atoms with Crippen LogP contribution in [0.5, 0.6) is 0 Å². The van der Waals surface area contributed by atoms with Crippen molar-refractivity contribution in [2.24, 2.45) is 0 Å². The molecule has 0 saturated carbocycles. The van der Waals surface area contributed by atoms with E-state index in [1.165, 1.54) is 6.07 Å². The molecule has 90 valence electrons. The molecule has 0 saturated heterocycles. The fourth-order valence-electron chi connectivity index (χ4n) is 0.938. The van der Waals surface area contributed by atoms with E-state index in [9.17, 15) is 4.79 Å². The SMILES string of the molecule is CC.CCOC(=O)c1nc(C)c(N)cc1Cl. The van der Waals surface area contributed by atoms with Crippen molar-refractivity contribution in [1.82, 2.24) is 4.98 Å². The molecule has 0 radical (unpaired) electrons. The van der Waals surface area contributed by atoms with Gasteiger partial charge in [-0.3, -0.25) is 0 Å². The minimum Gasteiger partial charge on any atom is -0.461 e. The third-order valence-electron chi connectivity index (χ3n) is 1.67. The molecule has 1 rings (SSSR count). The number of esters is 1. The van der Waals surface area contributed by atoms with Gasteiger partial charge in [-0.1, -0.05) is 25.4 Å². The second-order valence-corrected chi connectivity index (χ2v) is 3.12. The topological polar surface area (TPSA) is 65.2 Å². The monoisotopic (exact) mass is 244 g/mol. The summed E-state index contributed by atoms with van der Waals surface area (Å²) >= 11 is 5.79. The van der Waals surface area contributed by atoms with Crippen LogP contribution in [-0.4, -0.2) is 17.6 Å². The Morgan fingerprint density at radius 3 is 2.62 bits per heavy atom. The molecule has 0 fully saturated rings. The number of anilines is 1. The third kappa shape index (κ3) is 3.70. The van der Waals surface area contributed by atoms with Gasteiger partial charge in [0.25, 0.3) is 0 Å². The molecule has 4 nitrogen and oxygen atoms in total.